The Labute approximate surface area is 125 Å². The van der Waals surface area contributed by atoms with Crippen LogP contribution in [0.5, 0.6) is 0 Å². The summed E-state index contributed by atoms with van der Waals surface area (Å²) in [5.74, 6) is -0.376. The van der Waals surface area contributed by atoms with Crippen LogP contribution in [0.25, 0.3) is 0 Å². The van der Waals surface area contributed by atoms with Crippen molar-refractivity contribution >= 4 is 27.6 Å². The number of ether oxygens (including phenoxy) is 1. The third-order valence-electron chi connectivity index (χ3n) is 3.11. The van der Waals surface area contributed by atoms with Gasteiger partial charge in [-0.05, 0) is 53.5 Å². The van der Waals surface area contributed by atoms with Gasteiger partial charge in [-0.25, -0.2) is 4.79 Å². The molecule has 0 saturated heterocycles. The number of hydrogen-bond donors (Lipinski definition) is 1. The summed E-state index contributed by atoms with van der Waals surface area (Å²) in [6.45, 7) is 3.91. The Kier molecular flexibility index (Phi) is 4.13. The molecule has 0 atom stereocenters. The van der Waals surface area contributed by atoms with Crippen LogP contribution in [0.15, 0.2) is 22.7 Å². The quantitative estimate of drug-likeness (QED) is 0.690. The molecule has 2 aromatic rings. The zero-order chi connectivity index (χ0) is 14.9. The maximum atomic E-state index is 12.0. The molecule has 0 aliphatic rings. The highest BCUT2D eigenvalue weighted by molar-refractivity contribution is 9.10. The molecule has 0 saturated carbocycles. The van der Waals surface area contributed by atoms with Crippen LogP contribution in [0, 0.1) is 13.8 Å². The van der Waals surface area contributed by atoms with Crippen LogP contribution in [0.1, 0.15) is 27.3 Å². The number of anilines is 1. The zero-order valence-corrected chi connectivity index (χ0v) is 13.2. The summed E-state index contributed by atoms with van der Waals surface area (Å²) in [5, 5.41) is 4.25. The topological polar surface area (TPSA) is 70.1 Å². The number of hydrogen-bond acceptors (Lipinski definition) is 4. The Balaban J connectivity index is 2.10. The van der Waals surface area contributed by atoms with Gasteiger partial charge in [0.1, 0.15) is 6.61 Å². The Morgan fingerprint density at radius 1 is 1.45 bits per heavy atom. The fraction of sp³-hybridized carbons (Fsp3) is 0.286. The van der Waals surface area contributed by atoms with E-state index >= 15 is 0 Å². The van der Waals surface area contributed by atoms with Crippen LogP contribution in [0.4, 0.5) is 5.69 Å². The van der Waals surface area contributed by atoms with Gasteiger partial charge < -0.3 is 10.5 Å². The van der Waals surface area contributed by atoms with Crippen LogP contribution in [-0.2, 0) is 18.4 Å². The minimum absolute atomic E-state index is 0.167. The third kappa shape index (κ3) is 2.85. The van der Waals surface area contributed by atoms with Crippen molar-refractivity contribution in [1.29, 1.82) is 0 Å². The minimum Gasteiger partial charge on any atom is -0.456 e. The zero-order valence-electron chi connectivity index (χ0n) is 11.6. The second-order valence-corrected chi connectivity index (χ2v) is 5.41. The number of aryl methyl sites for hydroxylation is 3. The van der Waals surface area contributed by atoms with Gasteiger partial charge in [0.05, 0.1) is 21.4 Å². The fourth-order valence-corrected chi connectivity index (χ4v) is 2.31. The van der Waals surface area contributed by atoms with Gasteiger partial charge in [-0.3, -0.25) is 4.68 Å². The fourth-order valence-electron chi connectivity index (χ4n) is 1.86. The van der Waals surface area contributed by atoms with Crippen molar-refractivity contribution < 1.29 is 9.53 Å². The van der Waals surface area contributed by atoms with E-state index < -0.39 is 0 Å². The first-order chi connectivity index (χ1) is 9.40. The van der Waals surface area contributed by atoms with Crippen LogP contribution in [0.3, 0.4) is 0 Å². The molecule has 1 heterocycles. The molecule has 20 heavy (non-hydrogen) atoms. The maximum absolute atomic E-state index is 12.0. The number of carbonyl (C=O) groups is 1. The van der Waals surface area contributed by atoms with E-state index in [9.17, 15) is 4.79 Å². The monoisotopic (exact) mass is 337 g/mol. The average molecular weight is 338 g/mol. The number of nitrogen functional groups attached to an aromatic ring is 1. The van der Waals surface area contributed by atoms with Crippen LogP contribution >= 0.6 is 15.9 Å². The number of carbonyl (C=O) groups excluding carboxylic acids is 1. The lowest BCUT2D eigenvalue weighted by atomic mass is 10.1. The molecule has 1 aromatic heterocycles. The Morgan fingerprint density at radius 3 is 2.70 bits per heavy atom. The molecule has 0 amide bonds. The van der Waals surface area contributed by atoms with Crippen LogP contribution in [0.2, 0.25) is 0 Å². The Morgan fingerprint density at radius 2 is 2.15 bits per heavy atom. The summed E-state index contributed by atoms with van der Waals surface area (Å²) in [6, 6.07) is 5.09. The van der Waals surface area contributed by atoms with Crippen molar-refractivity contribution in [3.05, 3.63) is 45.2 Å². The minimum atomic E-state index is -0.376. The average Bonchev–Trinajstić information content (AvgIpc) is 2.64. The van der Waals surface area contributed by atoms with E-state index in [1.54, 1.807) is 22.9 Å². The predicted molar refractivity (Wildman–Crippen MR) is 80.4 cm³/mol. The summed E-state index contributed by atoms with van der Waals surface area (Å²) in [5.41, 5.74) is 9.42. The van der Waals surface area contributed by atoms with Gasteiger partial charge in [0.2, 0.25) is 0 Å². The standard InChI is InChI=1S/C14H16BrN3O2/c1-8-6-10(4-5-11(8)16)14(19)20-7-12-13(15)9(2)17-18(12)3/h4-6H,7,16H2,1-3H3. The summed E-state index contributed by atoms with van der Waals surface area (Å²) >= 11 is 3.44. The predicted octanol–water partition coefficient (Wildman–Crippen LogP) is 2.74. The second kappa shape index (κ2) is 5.66. The van der Waals surface area contributed by atoms with E-state index in [0.29, 0.717) is 11.3 Å². The molecular formula is C14H16BrN3O2. The third-order valence-corrected chi connectivity index (χ3v) is 4.14. The van der Waals surface area contributed by atoms with Crippen molar-refractivity contribution in [2.45, 2.75) is 20.5 Å². The molecule has 0 unspecified atom stereocenters. The number of benzene rings is 1. The molecule has 0 spiro atoms. The lowest BCUT2D eigenvalue weighted by Gasteiger charge is -2.07. The van der Waals surface area contributed by atoms with Gasteiger partial charge in [-0.15, -0.1) is 0 Å². The normalized spacial score (nSPS) is 10.6. The van der Waals surface area contributed by atoms with Gasteiger partial charge in [-0.2, -0.15) is 5.10 Å². The lowest BCUT2D eigenvalue weighted by Crippen LogP contribution is -2.09. The van der Waals surface area contributed by atoms with Crippen molar-refractivity contribution in [1.82, 2.24) is 9.78 Å². The van der Waals surface area contributed by atoms with Gasteiger partial charge in [0.15, 0.2) is 0 Å². The highest BCUT2D eigenvalue weighted by Crippen LogP contribution is 2.21. The number of nitrogens with zero attached hydrogens (tertiary/aromatic N) is 2. The largest absolute Gasteiger partial charge is 0.456 e. The molecule has 5 nitrogen and oxygen atoms in total. The molecule has 2 N–H and O–H groups in total. The first-order valence-electron chi connectivity index (χ1n) is 6.11. The summed E-state index contributed by atoms with van der Waals surface area (Å²) in [4.78, 5) is 12.0. The molecule has 0 fully saturated rings. The highest BCUT2D eigenvalue weighted by atomic mass is 79.9. The molecule has 0 radical (unpaired) electrons. The van der Waals surface area contributed by atoms with Gasteiger partial charge in [0, 0.05) is 12.7 Å². The second-order valence-electron chi connectivity index (χ2n) is 4.62. The Bertz CT molecular complexity index is 665. The van der Waals surface area contributed by atoms with Crippen molar-refractivity contribution in [2.75, 3.05) is 5.73 Å². The number of rotatable bonds is 3. The number of esters is 1. The molecular weight excluding hydrogens is 322 g/mol. The SMILES string of the molecule is Cc1cc(C(=O)OCc2c(Br)c(C)nn2C)ccc1N. The molecule has 0 aliphatic heterocycles. The van der Waals surface area contributed by atoms with Gasteiger partial charge >= 0.3 is 5.97 Å². The highest BCUT2D eigenvalue weighted by Gasteiger charge is 2.14. The summed E-state index contributed by atoms with van der Waals surface area (Å²) in [7, 11) is 1.81. The van der Waals surface area contributed by atoms with E-state index in [1.807, 2.05) is 20.9 Å². The molecule has 106 valence electrons. The van der Waals surface area contributed by atoms with Crippen molar-refractivity contribution in [2.24, 2.45) is 7.05 Å². The van der Waals surface area contributed by atoms with E-state index in [1.165, 1.54) is 0 Å². The smallest absolute Gasteiger partial charge is 0.338 e. The van der Waals surface area contributed by atoms with E-state index in [0.717, 1.165) is 21.4 Å². The van der Waals surface area contributed by atoms with E-state index in [4.69, 9.17) is 10.5 Å². The van der Waals surface area contributed by atoms with Crippen molar-refractivity contribution in [3.8, 4) is 0 Å². The van der Waals surface area contributed by atoms with Crippen molar-refractivity contribution in [3.63, 3.8) is 0 Å². The summed E-state index contributed by atoms with van der Waals surface area (Å²) in [6.07, 6.45) is 0. The molecule has 6 heteroatoms. The van der Waals surface area contributed by atoms with Crippen LogP contribution in [-0.4, -0.2) is 15.7 Å². The number of halogens is 1. The molecule has 1 aromatic carbocycles. The Hall–Kier alpha value is -1.82. The van der Waals surface area contributed by atoms with Gasteiger partial charge in [0.25, 0.3) is 0 Å². The lowest BCUT2D eigenvalue weighted by molar-refractivity contribution is 0.0462. The molecule has 0 aliphatic carbocycles. The molecule has 0 bridgehead atoms. The maximum Gasteiger partial charge on any atom is 0.338 e. The van der Waals surface area contributed by atoms with Gasteiger partial charge in [-0.1, -0.05) is 0 Å². The number of aromatic nitrogens is 2. The van der Waals surface area contributed by atoms with Crippen LogP contribution < -0.4 is 5.73 Å². The first-order valence-corrected chi connectivity index (χ1v) is 6.90. The first kappa shape index (κ1) is 14.6. The van der Waals surface area contributed by atoms with E-state index in [-0.39, 0.29) is 12.6 Å². The summed E-state index contributed by atoms with van der Waals surface area (Å²) < 4.78 is 7.87. The van der Waals surface area contributed by atoms with E-state index in [2.05, 4.69) is 21.0 Å². The molecule has 2 rings (SSSR count). The number of nitrogens with two attached hydrogens (primary N) is 1.